The van der Waals surface area contributed by atoms with Crippen LogP contribution in [0.3, 0.4) is 0 Å². The van der Waals surface area contributed by atoms with Crippen molar-refractivity contribution in [3.05, 3.63) is 23.8 Å². The van der Waals surface area contributed by atoms with Crippen LogP contribution in [0.15, 0.2) is 18.2 Å². The Hall–Kier alpha value is -2.97. The van der Waals surface area contributed by atoms with Gasteiger partial charge in [0.15, 0.2) is 0 Å². The van der Waals surface area contributed by atoms with Crippen molar-refractivity contribution in [2.45, 2.75) is 86.0 Å². The first kappa shape index (κ1) is 30.1. The van der Waals surface area contributed by atoms with E-state index in [4.69, 9.17) is 14.3 Å². The summed E-state index contributed by atoms with van der Waals surface area (Å²) in [6.07, 6.45) is 5.99. The highest BCUT2D eigenvalue weighted by atomic mass is 16.7. The predicted molar refractivity (Wildman–Crippen MR) is 137 cm³/mol. The van der Waals surface area contributed by atoms with Crippen molar-refractivity contribution >= 4 is 29.7 Å². The SMILES string of the molecule is CCCCC(CC)COC(=O)NOC(=O)Nc1ccc(C)c(NC(=O)OCC(CC)CCCC)c1. The Morgan fingerprint density at radius 1 is 0.800 bits per heavy atom. The molecule has 0 heterocycles. The average Bonchev–Trinajstić information content (AvgIpc) is 2.85. The molecule has 0 saturated heterocycles. The van der Waals surface area contributed by atoms with Gasteiger partial charge in [-0.3, -0.25) is 10.6 Å². The van der Waals surface area contributed by atoms with Gasteiger partial charge >= 0.3 is 18.3 Å². The number of hydrogen-bond acceptors (Lipinski definition) is 6. The summed E-state index contributed by atoms with van der Waals surface area (Å²) >= 11 is 0. The van der Waals surface area contributed by atoms with E-state index in [2.05, 4.69) is 31.4 Å². The number of rotatable bonds is 14. The molecule has 0 saturated carbocycles. The number of amides is 3. The lowest BCUT2D eigenvalue weighted by molar-refractivity contribution is 0.0610. The lowest BCUT2D eigenvalue weighted by Crippen LogP contribution is -2.31. The number of hydrogen-bond donors (Lipinski definition) is 3. The Kier molecular flexibility index (Phi) is 15.0. The van der Waals surface area contributed by atoms with Crippen LogP contribution in [-0.4, -0.2) is 31.5 Å². The van der Waals surface area contributed by atoms with Gasteiger partial charge in [0, 0.05) is 11.4 Å². The molecular weight excluding hydrogens is 450 g/mol. The summed E-state index contributed by atoms with van der Waals surface area (Å²) in [7, 11) is 0. The molecule has 3 amide bonds. The van der Waals surface area contributed by atoms with Crippen molar-refractivity contribution < 1.29 is 28.7 Å². The summed E-state index contributed by atoms with van der Waals surface area (Å²) in [5.41, 5.74) is 3.66. The van der Waals surface area contributed by atoms with Gasteiger partial charge in [0.2, 0.25) is 0 Å². The van der Waals surface area contributed by atoms with Crippen LogP contribution in [0.5, 0.6) is 0 Å². The van der Waals surface area contributed by atoms with Gasteiger partial charge in [-0.2, -0.15) is 0 Å². The largest absolute Gasteiger partial charge is 0.449 e. The first-order valence-electron chi connectivity index (χ1n) is 12.8. The Bertz CT molecular complexity index is 786. The molecule has 1 aromatic carbocycles. The van der Waals surface area contributed by atoms with Gasteiger partial charge in [-0.25, -0.2) is 14.4 Å². The van der Waals surface area contributed by atoms with E-state index in [1.807, 2.05) is 19.3 Å². The first-order chi connectivity index (χ1) is 16.8. The molecule has 0 aliphatic carbocycles. The second-order valence-corrected chi connectivity index (χ2v) is 8.80. The number of anilines is 2. The maximum Gasteiger partial charge on any atom is 0.440 e. The van der Waals surface area contributed by atoms with Gasteiger partial charge < -0.3 is 14.3 Å². The third-order valence-electron chi connectivity index (χ3n) is 5.93. The van der Waals surface area contributed by atoms with Crippen LogP contribution in [0.2, 0.25) is 0 Å². The molecule has 0 aliphatic heterocycles. The van der Waals surface area contributed by atoms with Gasteiger partial charge in [0.05, 0.1) is 13.2 Å². The Morgan fingerprint density at radius 3 is 1.91 bits per heavy atom. The van der Waals surface area contributed by atoms with Gasteiger partial charge in [0.25, 0.3) is 0 Å². The molecule has 2 atom stereocenters. The van der Waals surface area contributed by atoms with Crippen molar-refractivity contribution in [1.29, 1.82) is 0 Å². The highest BCUT2D eigenvalue weighted by Crippen LogP contribution is 2.21. The van der Waals surface area contributed by atoms with Crippen LogP contribution >= 0.6 is 0 Å². The molecular formula is C26H43N3O6. The number of nitrogens with one attached hydrogen (secondary N) is 3. The standard InChI is InChI=1S/C26H43N3O6/c1-6-10-12-20(8-3)17-33-24(30)28-23-16-22(15-14-19(23)5)27-25(31)35-29-26(32)34-18-21(9-4)13-11-7-2/h14-16,20-21H,6-13,17-18H2,1-5H3,(H,27,31)(H,28,30)(H,29,32). The minimum atomic E-state index is -0.890. The van der Waals surface area contributed by atoms with Crippen molar-refractivity contribution in [1.82, 2.24) is 5.48 Å². The van der Waals surface area contributed by atoms with Gasteiger partial charge in [0.1, 0.15) is 0 Å². The zero-order valence-corrected chi connectivity index (χ0v) is 21.9. The third kappa shape index (κ3) is 12.9. The number of ether oxygens (including phenoxy) is 2. The fourth-order valence-electron chi connectivity index (χ4n) is 3.42. The van der Waals surface area contributed by atoms with Crippen molar-refractivity contribution in [2.75, 3.05) is 23.8 Å². The fourth-order valence-corrected chi connectivity index (χ4v) is 3.42. The van der Waals surface area contributed by atoms with Gasteiger partial charge in [-0.05, 0) is 49.3 Å². The molecule has 9 nitrogen and oxygen atoms in total. The number of aryl methyl sites for hydroxylation is 1. The zero-order chi connectivity index (χ0) is 26.1. The maximum absolute atomic E-state index is 12.3. The monoisotopic (exact) mass is 493 g/mol. The molecule has 198 valence electrons. The molecule has 0 bridgehead atoms. The lowest BCUT2D eigenvalue weighted by Gasteiger charge is -2.16. The molecule has 9 heteroatoms. The third-order valence-corrected chi connectivity index (χ3v) is 5.93. The Balaban J connectivity index is 2.49. The fraction of sp³-hybridized carbons (Fsp3) is 0.654. The van der Waals surface area contributed by atoms with Crippen molar-refractivity contribution in [3.63, 3.8) is 0 Å². The van der Waals surface area contributed by atoms with E-state index in [0.29, 0.717) is 23.9 Å². The van der Waals surface area contributed by atoms with Gasteiger partial charge in [-0.15, -0.1) is 5.48 Å². The summed E-state index contributed by atoms with van der Waals surface area (Å²) in [6, 6.07) is 4.98. The highest BCUT2D eigenvalue weighted by Gasteiger charge is 2.14. The van der Waals surface area contributed by atoms with Crippen LogP contribution in [0, 0.1) is 18.8 Å². The molecule has 0 aliphatic rings. The van der Waals surface area contributed by atoms with E-state index in [1.54, 1.807) is 18.2 Å². The second-order valence-electron chi connectivity index (χ2n) is 8.80. The second kappa shape index (κ2) is 17.5. The molecule has 1 aromatic rings. The minimum absolute atomic E-state index is 0.272. The highest BCUT2D eigenvalue weighted by molar-refractivity contribution is 5.90. The van der Waals surface area contributed by atoms with E-state index in [9.17, 15) is 14.4 Å². The molecule has 0 spiro atoms. The summed E-state index contributed by atoms with van der Waals surface area (Å²) in [6.45, 7) is 10.9. The summed E-state index contributed by atoms with van der Waals surface area (Å²) in [5.74, 6) is 0.622. The summed E-state index contributed by atoms with van der Waals surface area (Å²) in [4.78, 5) is 40.8. The van der Waals surface area contributed by atoms with Crippen molar-refractivity contribution in [2.24, 2.45) is 11.8 Å². The molecule has 35 heavy (non-hydrogen) atoms. The minimum Gasteiger partial charge on any atom is -0.449 e. The Morgan fingerprint density at radius 2 is 1.37 bits per heavy atom. The van der Waals surface area contributed by atoms with Crippen molar-refractivity contribution in [3.8, 4) is 0 Å². The first-order valence-corrected chi connectivity index (χ1v) is 12.8. The number of carbonyl (C=O) groups is 3. The van der Waals surface area contributed by atoms with E-state index in [1.165, 1.54) is 0 Å². The maximum atomic E-state index is 12.3. The van der Waals surface area contributed by atoms with E-state index < -0.39 is 18.3 Å². The van der Waals surface area contributed by atoms with E-state index in [0.717, 1.165) is 56.9 Å². The summed E-state index contributed by atoms with van der Waals surface area (Å²) in [5, 5.41) is 5.21. The topological polar surface area (TPSA) is 115 Å². The normalized spacial score (nSPS) is 12.3. The quantitative estimate of drug-likeness (QED) is 0.187. The lowest BCUT2D eigenvalue weighted by atomic mass is 10.0. The van der Waals surface area contributed by atoms with Crippen LogP contribution in [0.25, 0.3) is 0 Å². The van der Waals surface area contributed by atoms with Crippen LogP contribution in [0.1, 0.15) is 84.6 Å². The van der Waals surface area contributed by atoms with Crippen LogP contribution < -0.4 is 16.1 Å². The molecule has 2 unspecified atom stereocenters. The molecule has 0 fully saturated rings. The average molecular weight is 494 g/mol. The molecule has 1 rings (SSSR count). The molecule has 0 radical (unpaired) electrons. The Labute approximate surface area is 209 Å². The number of carbonyl (C=O) groups excluding carboxylic acids is 3. The van der Waals surface area contributed by atoms with Crippen LogP contribution in [0.4, 0.5) is 25.8 Å². The number of unbranched alkanes of at least 4 members (excludes halogenated alkanes) is 2. The summed E-state index contributed by atoms with van der Waals surface area (Å²) < 4.78 is 10.5. The number of hydroxylamine groups is 1. The van der Waals surface area contributed by atoms with E-state index >= 15 is 0 Å². The van der Waals surface area contributed by atoms with Gasteiger partial charge in [-0.1, -0.05) is 72.3 Å². The predicted octanol–water partition coefficient (Wildman–Crippen LogP) is 7.17. The van der Waals surface area contributed by atoms with Crippen LogP contribution in [-0.2, 0) is 14.3 Å². The molecule has 3 N–H and O–H groups in total. The molecule has 0 aromatic heterocycles. The number of benzene rings is 1. The zero-order valence-electron chi connectivity index (χ0n) is 21.9. The van der Waals surface area contributed by atoms with E-state index in [-0.39, 0.29) is 12.5 Å². The smallest absolute Gasteiger partial charge is 0.440 e.